The topological polar surface area (TPSA) is 72.5 Å². The Kier molecular flexibility index (Phi) is 6.36. The van der Waals surface area contributed by atoms with Gasteiger partial charge in [0.1, 0.15) is 5.75 Å². The number of pyridine rings is 1. The van der Waals surface area contributed by atoms with Crippen molar-refractivity contribution in [2.75, 3.05) is 26.1 Å². The molecule has 0 spiro atoms. The van der Waals surface area contributed by atoms with Crippen LogP contribution in [0.25, 0.3) is 21.8 Å². The Morgan fingerprint density at radius 3 is 2.36 bits per heavy atom. The number of aromatic nitrogens is 1. The van der Waals surface area contributed by atoms with Crippen LogP contribution in [0.2, 0.25) is 0 Å². The molecular formula is C27H29N3O3. The summed E-state index contributed by atoms with van der Waals surface area (Å²) in [5.41, 5.74) is 8.37. The highest BCUT2D eigenvalue weighted by molar-refractivity contribution is 6.09. The highest BCUT2D eigenvalue weighted by Crippen LogP contribution is 2.37. The lowest BCUT2D eigenvalue weighted by Gasteiger charge is -2.17. The van der Waals surface area contributed by atoms with Crippen LogP contribution in [-0.4, -0.2) is 31.8 Å². The van der Waals surface area contributed by atoms with Crippen molar-refractivity contribution in [1.29, 1.82) is 0 Å². The number of rotatable bonds is 6. The Morgan fingerprint density at radius 1 is 0.939 bits per heavy atom. The first kappa shape index (κ1) is 22.4. The number of fused-ring (bicyclic) bond motifs is 2. The van der Waals surface area contributed by atoms with Gasteiger partial charge in [0, 0.05) is 29.9 Å². The van der Waals surface area contributed by atoms with Gasteiger partial charge >= 0.3 is 6.09 Å². The van der Waals surface area contributed by atoms with E-state index in [1.807, 2.05) is 25.1 Å². The number of ether oxygens (including phenoxy) is 2. The SMILES string of the molecule is CNC(=O)OCCc1cccc(Nc2c3cc(C)c(C)cc3nc3cc(C)c(OC)cc23)c1. The van der Waals surface area contributed by atoms with Gasteiger partial charge in [-0.3, -0.25) is 0 Å². The van der Waals surface area contributed by atoms with E-state index in [9.17, 15) is 4.79 Å². The van der Waals surface area contributed by atoms with E-state index in [0.717, 1.165) is 50.1 Å². The van der Waals surface area contributed by atoms with E-state index < -0.39 is 6.09 Å². The highest BCUT2D eigenvalue weighted by atomic mass is 16.5. The second kappa shape index (κ2) is 9.36. The third-order valence-electron chi connectivity index (χ3n) is 5.93. The van der Waals surface area contributed by atoms with Gasteiger partial charge in [-0.05, 0) is 79.4 Å². The van der Waals surface area contributed by atoms with Crippen LogP contribution in [0.1, 0.15) is 22.3 Å². The number of aryl methyl sites for hydroxylation is 3. The van der Waals surface area contributed by atoms with Crippen molar-refractivity contribution in [1.82, 2.24) is 10.3 Å². The van der Waals surface area contributed by atoms with Crippen LogP contribution < -0.4 is 15.4 Å². The molecular weight excluding hydrogens is 414 g/mol. The van der Waals surface area contributed by atoms with Gasteiger partial charge in [-0.2, -0.15) is 0 Å². The average molecular weight is 444 g/mol. The zero-order chi connectivity index (χ0) is 23.5. The van der Waals surface area contributed by atoms with Crippen molar-refractivity contribution < 1.29 is 14.3 Å². The van der Waals surface area contributed by atoms with E-state index in [-0.39, 0.29) is 0 Å². The fraction of sp³-hybridized carbons (Fsp3) is 0.259. The largest absolute Gasteiger partial charge is 0.496 e. The number of nitrogens with zero attached hydrogens (tertiary/aromatic N) is 1. The molecule has 0 bridgehead atoms. The number of amides is 1. The molecule has 4 aromatic rings. The molecule has 0 aliphatic heterocycles. The summed E-state index contributed by atoms with van der Waals surface area (Å²) >= 11 is 0. The summed E-state index contributed by atoms with van der Waals surface area (Å²) in [6, 6.07) is 16.6. The smallest absolute Gasteiger partial charge is 0.406 e. The Labute approximate surface area is 193 Å². The van der Waals surface area contributed by atoms with Crippen LogP contribution in [0.15, 0.2) is 48.5 Å². The highest BCUT2D eigenvalue weighted by Gasteiger charge is 2.14. The van der Waals surface area contributed by atoms with Gasteiger partial charge in [0.25, 0.3) is 0 Å². The van der Waals surface area contributed by atoms with Crippen LogP contribution in [0.4, 0.5) is 16.2 Å². The van der Waals surface area contributed by atoms with Gasteiger partial charge in [-0.15, -0.1) is 0 Å². The average Bonchev–Trinajstić information content (AvgIpc) is 2.80. The monoisotopic (exact) mass is 443 g/mol. The van der Waals surface area contributed by atoms with Crippen LogP contribution in [0, 0.1) is 20.8 Å². The van der Waals surface area contributed by atoms with E-state index in [4.69, 9.17) is 14.5 Å². The molecule has 4 rings (SSSR count). The number of benzene rings is 3. The molecule has 1 amide bonds. The van der Waals surface area contributed by atoms with Gasteiger partial charge in [0.15, 0.2) is 0 Å². The predicted octanol–water partition coefficient (Wildman–Crippen LogP) is 5.96. The summed E-state index contributed by atoms with van der Waals surface area (Å²) in [7, 11) is 3.24. The molecule has 0 fully saturated rings. The molecule has 0 atom stereocenters. The molecule has 0 unspecified atom stereocenters. The number of nitrogens with one attached hydrogen (secondary N) is 2. The van der Waals surface area contributed by atoms with Crippen LogP contribution >= 0.6 is 0 Å². The minimum absolute atomic E-state index is 0.319. The number of carbonyl (C=O) groups is 1. The van der Waals surface area contributed by atoms with E-state index >= 15 is 0 Å². The standard InChI is InChI=1S/C27H29N3O3/c1-16-11-21-23(12-17(16)2)30-24-13-18(3)25(32-5)15-22(24)26(21)29-20-8-6-7-19(14-20)9-10-33-27(31)28-4/h6-8,11-15H,9-10H2,1-5H3,(H,28,31)(H,29,30). The molecule has 0 aliphatic rings. The number of methoxy groups -OCH3 is 1. The number of carbonyl (C=O) groups excluding carboxylic acids is 1. The summed E-state index contributed by atoms with van der Waals surface area (Å²) in [6.45, 7) is 6.57. The maximum atomic E-state index is 11.3. The van der Waals surface area contributed by atoms with Crippen molar-refractivity contribution in [3.8, 4) is 5.75 Å². The Bertz CT molecular complexity index is 1350. The van der Waals surface area contributed by atoms with E-state index in [0.29, 0.717) is 13.0 Å². The molecule has 33 heavy (non-hydrogen) atoms. The minimum Gasteiger partial charge on any atom is -0.496 e. The minimum atomic E-state index is -0.422. The number of alkyl carbamates (subject to hydrolysis) is 1. The Hall–Kier alpha value is -3.80. The molecule has 6 nitrogen and oxygen atoms in total. The molecule has 0 saturated heterocycles. The fourth-order valence-electron chi connectivity index (χ4n) is 3.97. The Balaban J connectivity index is 1.79. The second-order valence-corrected chi connectivity index (χ2v) is 8.24. The first-order chi connectivity index (χ1) is 15.9. The summed E-state index contributed by atoms with van der Waals surface area (Å²) in [4.78, 5) is 16.3. The predicted molar refractivity (Wildman–Crippen MR) is 134 cm³/mol. The molecule has 0 aliphatic carbocycles. The van der Waals surface area contributed by atoms with Gasteiger partial charge < -0.3 is 20.1 Å². The van der Waals surface area contributed by atoms with Crippen molar-refractivity contribution in [3.05, 3.63) is 70.8 Å². The van der Waals surface area contributed by atoms with Crippen LogP contribution in [0.5, 0.6) is 5.75 Å². The number of anilines is 2. The third-order valence-corrected chi connectivity index (χ3v) is 5.93. The first-order valence-corrected chi connectivity index (χ1v) is 11.0. The van der Waals surface area contributed by atoms with Crippen LogP contribution in [0.3, 0.4) is 0 Å². The van der Waals surface area contributed by atoms with Crippen molar-refractivity contribution in [2.45, 2.75) is 27.2 Å². The molecule has 1 heterocycles. The van der Waals surface area contributed by atoms with E-state index in [2.05, 4.69) is 54.8 Å². The first-order valence-electron chi connectivity index (χ1n) is 11.0. The fourth-order valence-corrected chi connectivity index (χ4v) is 3.97. The van der Waals surface area contributed by atoms with Crippen molar-refractivity contribution in [2.24, 2.45) is 0 Å². The maximum absolute atomic E-state index is 11.3. The quantitative estimate of drug-likeness (QED) is 0.360. The van der Waals surface area contributed by atoms with E-state index in [1.165, 1.54) is 11.1 Å². The summed E-state index contributed by atoms with van der Waals surface area (Å²) < 4.78 is 10.7. The van der Waals surface area contributed by atoms with Crippen molar-refractivity contribution >= 4 is 39.3 Å². The van der Waals surface area contributed by atoms with Gasteiger partial charge in [-0.25, -0.2) is 9.78 Å². The second-order valence-electron chi connectivity index (χ2n) is 8.24. The van der Waals surface area contributed by atoms with Gasteiger partial charge in [0.05, 0.1) is 30.4 Å². The number of hydrogen-bond donors (Lipinski definition) is 2. The van der Waals surface area contributed by atoms with E-state index in [1.54, 1.807) is 14.2 Å². The molecule has 0 saturated carbocycles. The van der Waals surface area contributed by atoms with Crippen LogP contribution in [-0.2, 0) is 11.2 Å². The normalized spacial score (nSPS) is 10.9. The summed E-state index contributed by atoms with van der Waals surface area (Å²) in [6.07, 6.45) is 0.209. The zero-order valence-electron chi connectivity index (χ0n) is 19.7. The molecule has 1 aromatic heterocycles. The van der Waals surface area contributed by atoms with Crippen molar-refractivity contribution in [3.63, 3.8) is 0 Å². The lowest BCUT2D eigenvalue weighted by atomic mass is 10.0. The molecule has 3 aromatic carbocycles. The van der Waals surface area contributed by atoms with Gasteiger partial charge in [0.2, 0.25) is 0 Å². The summed E-state index contributed by atoms with van der Waals surface area (Å²) in [5, 5.41) is 8.17. The molecule has 170 valence electrons. The summed E-state index contributed by atoms with van der Waals surface area (Å²) in [5.74, 6) is 0.829. The molecule has 6 heteroatoms. The zero-order valence-corrected chi connectivity index (χ0v) is 19.7. The third kappa shape index (κ3) is 4.70. The Morgan fingerprint density at radius 2 is 1.64 bits per heavy atom. The lowest BCUT2D eigenvalue weighted by Crippen LogP contribution is -2.20. The maximum Gasteiger partial charge on any atom is 0.406 e. The molecule has 0 radical (unpaired) electrons. The molecule has 2 N–H and O–H groups in total. The lowest BCUT2D eigenvalue weighted by molar-refractivity contribution is 0.150. The number of hydrogen-bond acceptors (Lipinski definition) is 5. The van der Waals surface area contributed by atoms with Gasteiger partial charge in [-0.1, -0.05) is 12.1 Å².